The number of halogens is 1. The smallest absolute Gasteiger partial charge is 0.306 e. The van der Waals surface area contributed by atoms with Crippen LogP contribution in [0.4, 0.5) is 0 Å². The Morgan fingerprint density at radius 1 is 1.73 bits per heavy atom. The molecule has 0 fully saturated rings. The van der Waals surface area contributed by atoms with E-state index in [9.17, 15) is 4.79 Å². The second-order valence-electron chi connectivity index (χ2n) is 3.28. The first-order chi connectivity index (χ1) is 7.04. The zero-order valence-electron chi connectivity index (χ0n) is 8.53. The third kappa shape index (κ3) is 3.20. The summed E-state index contributed by atoms with van der Waals surface area (Å²) in [4.78, 5) is 14.7. The first-order valence-electron chi connectivity index (χ1n) is 4.45. The van der Waals surface area contributed by atoms with E-state index in [4.69, 9.17) is 9.84 Å². The zero-order chi connectivity index (χ0) is 11.4. The molecule has 0 saturated carbocycles. The van der Waals surface area contributed by atoms with Crippen LogP contribution in [0.25, 0.3) is 0 Å². The van der Waals surface area contributed by atoms with Gasteiger partial charge in [0.2, 0.25) is 5.88 Å². The number of carbonyl (C=O) groups is 1. The topological polar surface area (TPSA) is 59.4 Å². The monoisotopic (exact) mass is 273 g/mol. The number of carboxylic acids is 1. The molecule has 1 aromatic rings. The first kappa shape index (κ1) is 12.0. The van der Waals surface area contributed by atoms with Crippen molar-refractivity contribution in [1.29, 1.82) is 0 Å². The van der Waals surface area contributed by atoms with E-state index in [0.717, 1.165) is 10.0 Å². The van der Waals surface area contributed by atoms with Gasteiger partial charge in [0.05, 0.1) is 17.5 Å². The first-order valence-corrected chi connectivity index (χ1v) is 5.25. The second-order valence-corrected chi connectivity index (χ2v) is 4.13. The van der Waals surface area contributed by atoms with Gasteiger partial charge in [0, 0.05) is 6.20 Å². The fraction of sp³-hybridized carbons (Fsp3) is 0.400. The minimum absolute atomic E-state index is 0.410. The Balaban J connectivity index is 2.79. The summed E-state index contributed by atoms with van der Waals surface area (Å²) in [6, 6.07) is 1.82. The van der Waals surface area contributed by atoms with Gasteiger partial charge in [-0.3, -0.25) is 4.79 Å². The number of aromatic nitrogens is 1. The predicted octanol–water partition coefficient (Wildman–Crippen LogP) is 2.12. The van der Waals surface area contributed by atoms with Crippen LogP contribution in [0.15, 0.2) is 16.7 Å². The molecule has 0 amide bonds. The van der Waals surface area contributed by atoms with E-state index >= 15 is 0 Å². The predicted molar refractivity (Wildman–Crippen MR) is 59.0 cm³/mol. The van der Waals surface area contributed by atoms with Gasteiger partial charge in [0.1, 0.15) is 0 Å². The number of carboxylic acid groups (broad SMARTS) is 1. The molecule has 1 rings (SSSR count). The highest BCUT2D eigenvalue weighted by atomic mass is 79.9. The third-order valence-corrected chi connectivity index (χ3v) is 2.59. The van der Waals surface area contributed by atoms with Crippen LogP contribution < -0.4 is 4.74 Å². The van der Waals surface area contributed by atoms with Gasteiger partial charge in [-0.2, -0.15) is 0 Å². The summed E-state index contributed by atoms with van der Waals surface area (Å²) in [6.07, 6.45) is 2.09. The van der Waals surface area contributed by atoms with Crippen molar-refractivity contribution in [2.24, 2.45) is 5.92 Å². The quantitative estimate of drug-likeness (QED) is 0.913. The van der Waals surface area contributed by atoms with E-state index in [0.29, 0.717) is 12.3 Å². The molecule has 1 heterocycles. The highest BCUT2D eigenvalue weighted by Crippen LogP contribution is 2.23. The number of methoxy groups -OCH3 is 1. The van der Waals surface area contributed by atoms with Gasteiger partial charge in [-0.1, -0.05) is 6.92 Å². The van der Waals surface area contributed by atoms with E-state index in [-0.39, 0.29) is 0 Å². The van der Waals surface area contributed by atoms with E-state index in [1.165, 1.54) is 7.11 Å². The van der Waals surface area contributed by atoms with Gasteiger partial charge < -0.3 is 9.84 Å². The molecule has 82 valence electrons. The Morgan fingerprint density at radius 2 is 2.40 bits per heavy atom. The molecule has 0 spiro atoms. The third-order valence-electron chi connectivity index (χ3n) is 2.02. The summed E-state index contributed by atoms with van der Waals surface area (Å²) in [5.41, 5.74) is 0.873. The summed E-state index contributed by atoms with van der Waals surface area (Å²) in [5, 5.41) is 8.76. The van der Waals surface area contributed by atoms with Crippen molar-refractivity contribution < 1.29 is 14.6 Å². The van der Waals surface area contributed by atoms with Crippen molar-refractivity contribution in [3.63, 3.8) is 0 Å². The average Bonchev–Trinajstić information content (AvgIpc) is 2.18. The molecule has 0 aliphatic heterocycles. The minimum Gasteiger partial charge on any atom is -0.481 e. The second kappa shape index (κ2) is 5.11. The van der Waals surface area contributed by atoms with Gasteiger partial charge in [0.15, 0.2) is 0 Å². The van der Waals surface area contributed by atoms with E-state index in [2.05, 4.69) is 20.9 Å². The molecular weight excluding hydrogens is 262 g/mol. The molecular formula is C10H12BrNO3. The maximum absolute atomic E-state index is 10.7. The van der Waals surface area contributed by atoms with Crippen LogP contribution in [-0.4, -0.2) is 23.2 Å². The van der Waals surface area contributed by atoms with Gasteiger partial charge in [0.25, 0.3) is 0 Å². The lowest BCUT2D eigenvalue weighted by Gasteiger charge is -2.07. The largest absolute Gasteiger partial charge is 0.481 e. The van der Waals surface area contributed by atoms with Crippen LogP contribution in [0.3, 0.4) is 0 Å². The number of hydrogen-bond donors (Lipinski definition) is 1. The van der Waals surface area contributed by atoms with Gasteiger partial charge >= 0.3 is 5.97 Å². The number of hydrogen-bond acceptors (Lipinski definition) is 3. The van der Waals surface area contributed by atoms with Crippen LogP contribution in [-0.2, 0) is 11.2 Å². The molecule has 0 aliphatic carbocycles. The molecule has 1 aromatic heterocycles. The van der Waals surface area contributed by atoms with Crippen LogP contribution in [0.2, 0.25) is 0 Å². The Kier molecular flexibility index (Phi) is 4.08. The molecule has 0 bridgehead atoms. The number of nitrogens with zero attached hydrogens (tertiary/aromatic N) is 1. The number of aliphatic carboxylic acids is 1. The van der Waals surface area contributed by atoms with Crippen LogP contribution >= 0.6 is 15.9 Å². The molecule has 1 N–H and O–H groups in total. The Bertz CT molecular complexity index is 368. The van der Waals surface area contributed by atoms with Crippen molar-refractivity contribution in [1.82, 2.24) is 4.98 Å². The highest BCUT2D eigenvalue weighted by molar-refractivity contribution is 9.10. The summed E-state index contributed by atoms with van der Waals surface area (Å²) in [5.74, 6) is -0.712. The van der Waals surface area contributed by atoms with E-state index in [1.807, 2.05) is 6.07 Å². The minimum atomic E-state index is -0.804. The maximum Gasteiger partial charge on any atom is 0.306 e. The van der Waals surface area contributed by atoms with Crippen LogP contribution in [0.5, 0.6) is 5.88 Å². The summed E-state index contributed by atoms with van der Waals surface area (Å²) >= 11 is 3.30. The number of rotatable bonds is 4. The summed E-state index contributed by atoms with van der Waals surface area (Å²) < 4.78 is 5.71. The molecule has 15 heavy (non-hydrogen) atoms. The standard InChI is InChI=1S/C10H12BrNO3/c1-6(10(13)14)3-7-4-8(11)9(15-2)12-5-7/h4-6H,3H2,1-2H3,(H,13,14). The van der Waals surface area contributed by atoms with E-state index < -0.39 is 11.9 Å². The molecule has 1 atom stereocenters. The Labute approximate surface area is 96.4 Å². The lowest BCUT2D eigenvalue weighted by atomic mass is 10.0. The SMILES string of the molecule is COc1ncc(CC(C)C(=O)O)cc1Br. The van der Waals surface area contributed by atoms with Crippen molar-refractivity contribution >= 4 is 21.9 Å². The van der Waals surface area contributed by atoms with Gasteiger partial charge in [-0.05, 0) is 34.0 Å². The molecule has 1 unspecified atom stereocenters. The number of pyridine rings is 1. The fourth-order valence-corrected chi connectivity index (χ4v) is 1.73. The average molecular weight is 274 g/mol. The molecule has 4 nitrogen and oxygen atoms in total. The van der Waals surface area contributed by atoms with Crippen molar-refractivity contribution in [2.45, 2.75) is 13.3 Å². The maximum atomic E-state index is 10.7. The lowest BCUT2D eigenvalue weighted by Crippen LogP contribution is -2.12. The molecule has 5 heteroatoms. The zero-order valence-corrected chi connectivity index (χ0v) is 10.1. The lowest BCUT2D eigenvalue weighted by molar-refractivity contribution is -0.141. The van der Waals surface area contributed by atoms with Gasteiger partial charge in [-0.25, -0.2) is 4.98 Å². The van der Waals surface area contributed by atoms with Crippen LogP contribution in [0, 0.1) is 5.92 Å². The van der Waals surface area contributed by atoms with Gasteiger partial charge in [-0.15, -0.1) is 0 Å². The van der Waals surface area contributed by atoms with Crippen molar-refractivity contribution in [3.05, 3.63) is 22.3 Å². The summed E-state index contributed by atoms with van der Waals surface area (Å²) in [7, 11) is 1.53. The summed E-state index contributed by atoms with van der Waals surface area (Å²) in [6.45, 7) is 1.67. The van der Waals surface area contributed by atoms with Crippen molar-refractivity contribution in [2.75, 3.05) is 7.11 Å². The fourth-order valence-electron chi connectivity index (χ4n) is 1.17. The molecule has 0 aliphatic rings. The number of ether oxygens (including phenoxy) is 1. The highest BCUT2D eigenvalue weighted by Gasteiger charge is 2.12. The molecule has 0 aromatic carbocycles. The Hall–Kier alpha value is -1.10. The Morgan fingerprint density at radius 3 is 2.87 bits per heavy atom. The van der Waals surface area contributed by atoms with Crippen LogP contribution in [0.1, 0.15) is 12.5 Å². The van der Waals surface area contributed by atoms with E-state index in [1.54, 1.807) is 13.1 Å². The normalized spacial score (nSPS) is 12.2. The molecule has 0 saturated heterocycles. The van der Waals surface area contributed by atoms with Crippen molar-refractivity contribution in [3.8, 4) is 5.88 Å². The molecule has 0 radical (unpaired) electrons.